The summed E-state index contributed by atoms with van der Waals surface area (Å²) in [5, 5.41) is 11.1. The molecule has 0 saturated heterocycles. The average molecular weight is 366 g/mol. The predicted octanol–water partition coefficient (Wildman–Crippen LogP) is 0.948. The van der Waals surface area contributed by atoms with Gasteiger partial charge in [-0.1, -0.05) is 24.3 Å². The Morgan fingerprint density at radius 1 is 0.769 bits per heavy atom. The number of hydrogen-bond donors (Lipinski definition) is 3. The highest BCUT2D eigenvalue weighted by atomic mass is 35.5. The number of fused-ring (bicyclic) bond motifs is 2. The predicted molar refractivity (Wildman–Crippen MR) is 98.7 cm³/mol. The van der Waals surface area contributed by atoms with Crippen molar-refractivity contribution >= 4 is 39.1 Å². The highest BCUT2D eigenvalue weighted by Gasteiger charge is 2.13. The number of H-pyrrole nitrogens is 1. The van der Waals surface area contributed by atoms with E-state index in [4.69, 9.17) is 5.11 Å². The van der Waals surface area contributed by atoms with E-state index >= 15 is 0 Å². The molecule has 5 nitrogen and oxygen atoms in total. The van der Waals surface area contributed by atoms with Gasteiger partial charge < -0.3 is 22.9 Å². The van der Waals surface area contributed by atoms with Gasteiger partial charge in [0, 0.05) is 12.1 Å². The molecule has 1 aromatic heterocycles. The number of aromatic amines is 1. The number of nitrogens with one attached hydrogen (secondary N) is 3. The van der Waals surface area contributed by atoms with Crippen LogP contribution in [-0.2, 0) is 0 Å². The van der Waals surface area contributed by atoms with Gasteiger partial charge in [-0.05, 0) is 36.4 Å². The third kappa shape index (κ3) is 3.25. The van der Waals surface area contributed by atoms with Gasteiger partial charge in [0.05, 0.1) is 27.7 Å². The molecule has 0 spiro atoms. The van der Waals surface area contributed by atoms with Crippen molar-refractivity contribution in [3.8, 4) is 0 Å². The Balaban J connectivity index is 0.00000196. The molecule has 130 valence electrons. The number of carboxylic acid groups (broad SMARTS) is 1. The van der Waals surface area contributed by atoms with E-state index in [1.165, 1.54) is 0 Å². The van der Waals surface area contributed by atoms with Crippen LogP contribution >= 0.6 is 0 Å². The minimum Gasteiger partial charge on any atom is -1.00 e. The van der Waals surface area contributed by atoms with Crippen LogP contribution in [0.1, 0.15) is 10.4 Å². The summed E-state index contributed by atoms with van der Waals surface area (Å²) in [5.74, 6) is -0.935. The van der Waals surface area contributed by atoms with E-state index in [0.29, 0.717) is 0 Å². The minimum atomic E-state index is -0.935. The Bertz CT molecular complexity index is 1030. The van der Waals surface area contributed by atoms with Crippen LogP contribution in [0.3, 0.4) is 0 Å². The Kier molecular flexibility index (Phi) is 4.91. The number of carbonyl (C=O) groups is 1. The number of anilines is 2. The number of hydrazine groups is 1. The molecule has 26 heavy (non-hydrogen) atoms. The number of halogens is 1. The number of aromatic carboxylic acids is 1. The first-order valence-corrected chi connectivity index (χ1v) is 7.90. The lowest BCUT2D eigenvalue weighted by Crippen LogP contribution is -3.00. The number of benzene rings is 3. The zero-order valence-electron chi connectivity index (χ0n) is 13.7. The van der Waals surface area contributed by atoms with Crippen LogP contribution < -0.4 is 28.2 Å². The second-order valence-corrected chi connectivity index (χ2v) is 5.72. The van der Waals surface area contributed by atoms with E-state index in [2.05, 4.69) is 28.0 Å². The standard InChI is InChI=1S/C20H15N3O2.ClH/c24-20(25)13-9-11-14(12-10-13)22-23-19-15-5-1-3-7-17(15)21-18-8-4-2-6-16(18)19;/h1-12,22H,(H,21,23)(H,24,25);1H. The molecule has 4 rings (SSSR count). The lowest BCUT2D eigenvalue weighted by molar-refractivity contribution is -0.310. The van der Waals surface area contributed by atoms with Crippen LogP contribution in [-0.4, -0.2) is 11.1 Å². The van der Waals surface area contributed by atoms with Gasteiger partial charge in [-0.3, -0.25) is 5.43 Å². The minimum absolute atomic E-state index is 0. The van der Waals surface area contributed by atoms with Gasteiger partial charge in [0.25, 0.3) is 0 Å². The van der Waals surface area contributed by atoms with E-state index < -0.39 is 5.97 Å². The van der Waals surface area contributed by atoms with Crippen LogP contribution in [0.2, 0.25) is 0 Å². The Labute approximate surface area is 156 Å². The van der Waals surface area contributed by atoms with Gasteiger partial charge in [-0.15, -0.1) is 0 Å². The molecule has 6 heteroatoms. The zero-order valence-corrected chi connectivity index (χ0v) is 14.4. The van der Waals surface area contributed by atoms with Crippen molar-refractivity contribution in [2.24, 2.45) is 0 Å². The van der Waals surface area contributed by atoms with Gasteiger partial charge in [0.15, 0.2) is 0 Å². The molecule has 0 aliphatic rings. The number of carboxylic acids is 1. The number of para-hydroxylation sites is 2. The van der Waals surface area contributed by atoms with Crippen LogP contribution in [0.5, 0.6) is 0 Å². The molecule has 4 aromatic rings. The number of hydrogen-bond acceptors (Lipinski definition) is 3. The number of rotatable bonds is 4. The summed E-state index contributed by atoms with van der Waals surface area (Å²) in [6.07, 6.45) is 0. The summed E-state index contributed by atoms with van der Waals surface area (Å²) in [6, 6.07) is 22.8. The quantitative estimate of drug-likeness (QED) is 0.372. The highest BCUT2D eigenvalue weighted by molar-refractivity contribution is 6.04. The van der Waals surface area contributed by atoms with Crippen molar-refractivity contribution in [1.29, 1.82) is 0 Å². The van der Waals surface area contributed by atoms with Crippen molar-refractivity contribution in [3.63, 3.8) is 0 Å². The molecule has 0 saturated carbocycles. The summed E-state index contributed by atoms with van der Waals surface area (Å²) >= 11 is 0. The second kappa shape index (κ2) is 7.29. The summed E-state index contributed by atoms with van der Waals surface area (Å²) < 4.78 is 0. The first-order chi connectivity index (χ1) is 12.2. The first kappa shape index (κ1) is 17.5. The molecular formula is C20H16ClN3O2. The van der Waals surface area contributed by atoms with Crippen LogP contribution in [0.4, 0.5) is 11.4 Å². The maximum absolute atomic E-state index is 10.9. The van der Waals surface area contributed by atoms with Gasteiger partial charge in [0.2, 0.25) is 11.0 Å². The third-order valence-electron chi connectivity index (χ3n) is 4.13. The Morgan fingerprint density at radius 2 is 1.31 bits per heavy atom. The third-order valence-corrected chi connectivity index (χ3v) is 4.13. The fraction of sp³-hybridized carbons (Fsp3) is 0. The summed E-state index contributed by atoms with van der Waals surface area (Å²) in [5.41, 5.74) is 10.5. The van der Waals surface area contributed by atoms with Gasteiger partial charge >= 0.3 is 5.97 Å². The van der Waals surface area contributed by atoms with Crippen LogP contribution in [0.15, 0.2) is 72.8 Å². The van der Waals surface area contributed by atoms with Crippen molar-refractivity contribution in [3.05, 3.63) is 78.4 Å². The molecule has 4 N–H and O–H groups in total. The lowest BCUT2D eigenvalue weighted by Gasteiger charge is -2.13. The van der Waals surface area contributed by atoms with Crippen LogP contribution in [0.25, 0.3) is 21.8 Å². The van der Waals surface area contributed by atoms with E-state index in [1.807, 2.05) is 36.4 Å². The highest BCUT2D eigenvalue weighted by Crippen LogP contribution is 2.28. The molecule has 0 bridgehead atoms. The fourth-order valence-corrected chi connectivity index (χ4v) is 2.88. The molecule has 1 heterocycles. The SMILES string of the molecule is O=C(O)c1ccc(NNc2c3ccccc3[nH+]c3ccccc23)cc1.[Cl-]. The topological polar surface area (TPSA) is 75.5 Å². The summed E-state index contributed by atoms with van der Waals surface area (Å²) in [6.45, 7) is 0. The maximum Gasteiger partial charge on any atom is 0.335 e. The van der Waals surface area contributed by atoms with Gasteiger partial charge in [-0.25, -0.2) is 9.78 Å². The zero-order chi connectivity index (χ0) is 17.2. The Morgan fingerprint density at radius 3 is 1.85 bits per heavy atom. The van der Waals surface area contributed by atoms with E-state index in [0.717, 1.165) is 33.2 Å². The van der Waals surface area contributed by atoms with Crippen LogP contribution in [0, 0.1) is 0 Å². The maximum atomic E-state index is 10.9. The molecule has 0 amide bonds. The normalized spacial score (nSPS) is 10.3. The fourth-order valence-electron chi connectivity index (χ4n) is 2.88. The number of aromatic nitrogens is 1. The van der Waals surface area contributed by atoms with Crippen molar-refractivity contribution in [2.75, 3.05) is 10.9 Å². The van der Waals surface area contributed by atoms with E-state index in [-0.39, 0.29) is 18.0 Å². The smallest absolute Gasteiger partial charge is 0.335 e. The van der Waals surface area contributed by atoms with E-state index in [1.54, 1.807) is 24.3 Å². The lowest BCUT2D eigenvalue weighted by atomic mass is 10.1. The van der Waals surface area contributed by atoms with Gasteiger partial charge in [0.1, 0.15) is 0 Å². The molecule has 0 aliphatic carbocycles. The van der Waals surface area contributed by atoms with Crippen molar-refractivity contribution in [1.82, 2.24) is 0 Å². The summed E-state index contributed by atoms with van der Waals surface area (Å²) in [7, 11) is 0. The average Bonchev–Trinajstić information content (AvgIpc) is 2.65. The molecule has 0 unspecified atom stereocenters. The molecule has 0 aliphatic heterocycles. The largest absolute Gasteiger partial charge is 1.00 e. The second-order valence-electron chi connectivity index (χ2n) is 5.72. The monoisotopic (exact) mass is 365 g/mol. The number of pyridine rings is 1. The molecule has 0 fully saturated rings. The van der Waals surface area contributed by atoms with Crippen molar-refractivity contribution in [2.45, 2.75) is 0 Å². The molecule has 0 atom stereocenters. The summed E-state index contributed by atoms with van der Waals surface area (Å²) in [4.78, 5) is 14.4. The molecule has 0 radical (unpaired) electrons. The van der Waals surface area contributed by atoms with E-state index in [9.17, 15) is 4.79 Å². The first-order valence-electron chi connectivity index (χ1n) is 7.90. The molecule has 3 aromatic carbocycles. The van der Waals surface area contributed by atoms with Crippen molar-refractivity contribution < 1.29 is 27.3 Å². The van der Waals surface area contributed by atoms with Gasteiger partial charge in [-0.2, -0.15) is 0 Å². The molecular weight excluding hydrogens is 350 g/mol. The Hall–Kier alpha value is -3.31.